The molecule has 0 aliphatic rings. The lowest BCUT2D eigenvalue weighted by molar-refractivity contribution is 1.08. The van der Waals surface area contributed by atoms with Crippen molar-refractivity contribution in [1.82, 2.24) is 28.9 Å². The highest BCUT2D eigenvalue weighted by Crippen LogP contribution is 2.43. The van der Waals surface area contributed by atoms with Gasteiger partial charge in [-0.1, -0.05) is 140 Å². The molecule has 0 fully saturated rings. The van der Waals surface area contributed by atoms with Crippen LogP contribution in [-0.4, -0.2) is 28.9 Å². The third kappa shape index (κ3) is 5.16. The highest BCUT2D eigenvalue weighted by atomic mass is 32.1. The van der Waals surface area contributed by atoms with Crippen molar-refractivity contribution >= 4 is 48.3 Å². The Bertz CT molecular complexity index is 3130. The van der Waals surface area contributed by atoms with Crippen molar-refractivity contribution in [3.63, 3.8) is 0 Å². The first-order valence-electron chi connectivity index (χ1n) is 18.2. The van der Waals surface area contributed by atoms with E-state index >= 15 is 0 Å². The predicted molar refractivity (Wildman–Crippen MR) is 225 cm³/mol. The summed E-state index contributed by atoms with van der Waals surface area (Å²) in [4.78, 5) is 20.7. The summed E-state index contributed by atoms with van der Waals surface area (Å²) in [5.41, 5.74) is 10.2. The molecule has 0 saturated carbocycles. The number of hydrogen-bond acceptors (Lipinski definition) is 5. The predicted octanol–water partition coefficient (Wildman–Crippen LogP) is 12.2. The minimum absolute atomic E-state index is 0.643. The third-order valence-electron chi connectivity index (χ3n) is 10.2. The van der Waals surface area contributed by atoms with Gasteiger partial charge in [-0.25, -0.2) is 19.9 Å². The molecule has 0 amide bonds. The van der Waals surface area contributed by atoms with Crippen molar-refractivity contribution in [2.24, 2.45) is 0 Å². The van der Waals surface area contributed by atoms with Gasteiger partial charge in [0.05, 0.1) is 22.4 Å². The second kappa shape index (κ2) is 12.7. The lowest BCUT2D eigenvalue weighted by atomic mass is 10.0. The van der Waals surface area contributed by atoms with Gasteiger partial charge in [-0.2, -0.15) is 0 Å². The fraction of sp³-hybridized carbons (Fsp3) is 0. The lowest BCUT2D eigenvalue weighted by Gasteiger charge is -2.10. The Kier molecular flexibility index (Phi) is 7.25. The highest BCUT2D eigenvalue weighted by Gasteiger charge is 2.24. The summed E-state index contributed by atoms with van der Waals surface area (Å²) < 4.78 is 6.94. The first kappa shape index (κ1) is 31.3. The van der Waals surface area contributed by atoms with Crippen molar-refractivity contribution in [2.75, 3.05) is 0 Å². The molecular formula is C48H30N6S. The number of rotatable bonds is 6. The molecule has 55 heavy (non-hydrogen) atoms. The Morgan fingerprint density at radius 3 is 1.67 bits per heavy atom. The van der Waals surface area contributed by atoms with Gasteiger partial charge >= 0.3 is 0 Å². The average Bonchev–Trinajstić information content (AvgIpc) is 3.93. The second-order valence-corrected chi connectivity index (χ2v) is 14.6. The molecule has 0 atom stereocenters. The van der Waals surface area contributed by atoms with Crippen LogP contribution in [0.1, 0.15) is 0 Å². The van der Waals surface area contributed by atoms with Gasteiger partial charge in [0.25, 0.3) is 0 Å². The number of fused-ring (bicyclic) bond motifs is 6. The monoisotopic (exact) mass is 722 g/mol. The zero-order valence-corrected chi connectivity index (χ0v) is 30.2. The Morgan fingerprint density at radius 2 is 1.00 bits per heavy atom. The van der Waals surface area contributed by atoms with Crippen LogP contribution in [0.2, 0.25) is 0 Å². The lowest BCUT2D eigenvalue weighted by Crippen LogP contribution is -2.00. The van der Waals surface area contributed by atoms with Crippen LogP contribution in [0.25, 0.3) is 99.3 Å². The van der Waals surface area contributed by atoms with E-state index < -0.39 is 0 Å². The molecule has 7 aromatic carbocycles. The summed E-state index contributed by atoms with van der Waals surface area (Å²) >= 11 is 1.78. The summed E-state index contributed by atoms with van der Waals surface area (Å²) in [6, 6.07) is 63.1. The topological polar surface area (TPSA) is 60.9 Å². The Labute approximate surface area is 320 Å². The SMILES string of the molecule is c1ccc(-c2nc(-c3ccccc3)nc(-c3cccc4sc5ccc(-c6nc7n(-c8ccccc8)c8ccccc8n7c6-c6ccccc6)cc5c34)n2)cc1. The number of para-hydroxylation sites is 3. The van der Waals surface area contributed by atoms with Crippen LogP contribution >= 0.6 is 11.3 Å². The number of imidazole rings is 2. The summed E-state index contributed by atoms with van der Waals surface area (Å²) in [7, 11) is 0. The molecule has 0 radical (unpaired) electrons. The van der Waals surface area contributed by atoms with Gasteiger partial charge in [0, 0.05) is 53.7 Å². The van der Waals surface area contributed by atoms with Gasteiger partial charge in [-0.15, -0.1) is 11.3 Å². The quantitative estimate of drug-likeness (QED) is 0.171. The maximum atomic E-state index is 5.51. The van der Waals surface area contributed by atoms with Crippen LogP contribution in [0.3, 0.4) is 0 Å². The van der Waals surface area contributed by atoms with E-state index in [1.54, 1.807) is 11.3 Å². The number of benzene rings is 7. The Morgan fingerprint density at radius 1 is 0.418 bits per heavy atom. The molecule has 0 N–H and O–H groups in total. The Hall–Kier alpha value is -7.22. The summed E-state index contributed by atoms with van der Waals surface area (Å²) in [5.74, 6) is 2.80. The van der Waals surface area contributed by atoms with E-state index in [9.17, 15) is 0 Å². The molecule has 0 aliphatic carbocycles. The molecule has 7 heteroatoms. The van der Waals surface area contributed by atoms with Crippen LogP contribution in [0.15, 0.2) is 182 Å². The van der Waals surface area contributed by atoms with Gasteiger partial charge in [-0.05, 0) is 42.5 Å². The van der Waals surface area contributed by atoms with Gasteiger partial charge < -0.3 is 0 Å². The van der Waals surface area contributed by atoms with E-state index in [4.69, 9.17) is 19.9 Å². The molecule has 11 aromatic rings. The molecule has 0 saturated heterocycles. The molecule has 6 nitrogen and oxygen atoms in total. The van der Waals surface area contributed by atoms with E-state index in [1.165, 1.54) is 9.40 Å². The molecule has 0 aliphatic heterocycles. The van der Waals surface area contributed by atoms with Gasteiger partial charge in [0.2, 0.25) is 5.78 Å². The van der Waals surface area contributed by atoms with Crippen LogP contribution < -0.4 is 0 Å². The normalized spacial score (nSPS) is 11.6. The maximum absolute atomic E-state index is 5.51. The van der Waals surface area contributed by atoms with Crippen molar-refractivity contribution in [3.8, 4) is 62.4 Å². The van der Waals surface area contributed by atoms with Crippen LogP contribution in [0.5, 0.6) is 0 Å². The first-order chi connectivity index (χ1) is 27.3. The minimum Gasteiger partial charge on any atom is -0.278 e. The average molecular weight is 723 g/mol. The van der Waals surface area contributed by atoms with Crippen LogP contribution in [0, 0.1) is 0 Å². The summed E-state index contributed by atoms with van der Waals surface area (Å²) in [5, 5.41) is 2.27. The van der Waals surface area contributed by atoms with Crippen molar-refractivity contribution in [3.05, 3.63) is 182 Å². The van der Waals surface area contributed by atoms with E-state index in [2.05, 4.69) is 130 Å². The number of nitrogens with zero attached hydrogens (tertiary/aromatic N) is 6. The largest absolute Gasteiger partial charge is 0.278 e. The molecule has 258 valence electrons. The zero-order chi connectivity index (χ0) is 36.3. The van der Waals surface area contributed by atoms with Crippen molar-refractivity contribution < 1.29 is 0 Å². The van der Waals surface area contributed by atoms with Crippen molar-refractivity contribution in [2.45, 2.75) is 0 Å². The van der Waals surface area contributed by atoms with Gasteiger partial charge in [0.1, 0.15) is 0 Å². The third-order valence-corrected chi connectivity index (χ3v) is 11.3. The number of thiophene rings is 1. The molecule has 4 aromatic heterocycles. The second-order valence-electron chi connectivity index (χ2n) is 13.5. The molecule has 0 spiro atoms. The van der Waals surface area contributed by atoms with E-state index in [0.29, 0.717) is 17.5 Å². The number of aromatic nitrogens is 6. The van der Waals surface area contributed by atoms with Crippen LogP contribution in [-0.2, 0) is 0 Å². The van der Waals surface area contributed by atoms with Gasteiger partial charge in [-0.3, -0.25) is 8.97 Å². The smallest absolute Gasteiger partial charge is 0.220 e. The molecule has 11 rings (SSSR count). The summed E-state index contributed by atoms with van der Waals surface area (Å²) in [6.07, 6.45) is 0. The minimum atomic E-state index is 0.643. The standard InChI is InChI=1S/C48H30N6S/c1-5-16-31(17-6-1)44-43(49-48-53(35-22-11-4-12-23-35)38-25-13-14-26-39(38)54(44)48)34-28-29-40-37(30-34)42-36(24-15-27-41(42)55-40)47-51-45(32-18-7-2-8-19-32)50-46(52-47)33-20-9-3-10-21-33/h1-30H. The molecule has 4 heterocycles. The summed E-state index contributed by atoms with van der Waals surface area (Å²) in [6.45, 7) is 0. The molecule has 0 unspecified atom stereocenters. The fourth-order valence-electron chi connectivity index (χ4n) is 7.72. The zero-order valence-electron chi connectivity index (χ0n) is 29.4. The molecular weight excluding hydrogens is 693 g/mol. The highest BCUT2D eigenvalue weighted by molar-refractivity contribution is 7.26. The first-order valence-corrected chi connectivity index (χ1v) is 19.1. The van der Waals surface area contributed by atoms with E-state index in [1.807, 2.05) is 60.7 Å². The van der Waals surface area contributed by atoms with Crippen molar-refractivity contribution in [1.29, 1.82) is 0 Å². The Balaban J connectivity index is 1.17. The molecule has 0 bridgehead atoms. The number of hydrogen-bond donors (Lipinski definition) is 0. The van der Waals surface area contributed by atoms with E-state index in [0.717, 1.165) is 72.5 Å². The van der Waals surface area contributed by atoms with E-state index in [-0.39, 0.29) is 0 Å². The maximum Gasteiger partial charge on any atom is 0.220 e. The fourth-order valence-corrected chi connectivity index (χ4v) is 8.83. The van der Waals surface area contributed by atoms with Gasteiger partial charge in [0.15, 0.2) is 17.5 Å². The van der Waals surface area contributed by atoms with Crippen LogP contribution in [0.4, 0.5) is 0 Å².